The predicted molar refractivity (Wildman–Crippen MR) is 82.0 cm³/mol. The molecule has 0 aromatic heterocycles. The molecule has 2 rings (SSSR count). The van der Waals surface area contributed by atoms with E-state index in [1.54, 1.807) is 14.1 Å². The van der Waals surface area contributed by atoms with Crippen molar-refractivity contribution in [1.82, 2.24) is 9.21 Å². The van der Waals surface area contributed by atoms with Gasteiger partial charge in [-0.15, -0.1) is 0 Å². The molecule has 2 fully saturated rings. The van der Waals surface area contributed by atoms with Crippen LogP contribution in [0.15, 0.2) is 0 Å². The zero-order chi connectivity index (χ0) is 16.4. The lowest BCUT2D eigenvalue weighted by Gasteiger charge is -2.37. The minimum absolute atomic E-state index is 0.000235. The highest BCUT2D eigenvalue weighted by molar-refractivity contribution is 7.88. The molecule has 0 aromatic carbocycles. The molecule has 1 spiro atoms. The van der Waals surface area contributed by atoms with Crippen molar-refractivity contribution in [2.24, 2.45) is 5.41 Å². The Labute approximate surface area is 132 Å². The number of rotatable bonds is 5. The summed E-state index contributed by atoms with van der Waals surface area (Å²) >= 11 is 0. The van der Waals surface area contributed by atoms with Crippen molar-refractivity contribution >= 4 is 15.9 Å². The predicted octanol–water partition coefficient (Wildman–Crippen LogP) is -0.0781. The van der Waals surface area contributed by atoms with Crippen molar-refractivity contribution in [2.75, 3.05) is 53.3 Å². The maximum Gasteiger partial charge on any atom is 0.248 e. The Kier molecular flexibility index (Phi) is 5.47. The van der Waals surface area contributed by atoms with Gasteiger partial charge in [0.2, 0.25) is 15.9 Å². The average Bonchev–Trinajstić information content (AvgIpc) is 2.81. The van der Waals surface area contributed by atoms with Gasteiger partial charge in [-0.3, -0.25) is 4.79 Å². The van der Waals surface area contributed by atoms with Gasteiger partial charge in [0.25, 0.3) is 0 Å². The molecule has 2 aliphatic rings. The van der Waals surface area contributed by atoms with Crippen LogP contribution in [0.1, 0.15) is 19.3 Å². The quantitative estimate of drug-likeness (QED) is 0.703. The normalized spacial score (nSPS) is 25.5. The molecule has 0 saturated carbocycles. The number of hydrogen-bond donors (Lipinski definition) is 0. The summed E-state index contributed by atoms with van der Waals surface area (Å²) in [7, 11) is 0.302. The van der Waals surface area contributed by atoms with Gasteiger partial charge in [0, 0.05) is 27.2 Å². The summed E-state index contributed by atoms with van der Waals surface area (Å²) in [6.45, 7) is 2.27. The second-order valence-electron chi connectivity index (χ2n) is 6.60. The Balaban J connectivity index is 1.75. The Morgan fingerprint density at radius 1 is 1.36 bits per heavy atom. The van der Waals surface area contributed by atoms with Crippen LogP contribution >= 0.6 is 0 Å². The molecule has 1 unspecified atom stereocenters. The largest absolute Gasteiger partial charge is 0.375 e. The summed E-state index contributed by atoms with van der Waals surface area (Å²) in [5.41, 5.74) is 0.0702. The minimum Gasteiger partial charge on any atom is -0.375 e. The topological polar surface area (TPSA) is 76.2 Å². The van der Waals surface area contributed by atoms with Crippen LogP contribution in [0.2, 0.25) is 0 Å². The van der Waals surface area contributed by atoms with E-state index in [1.165, 1.54) is 15.5 Å². The fourth-order valence-electron chi connectivity index (χ4n) is 3.05. The van der Waals surface area contributed by atoms with Gasteiger partial charge in [-0.25, -0.2) is 12.7 Å². The van der Waals surface area contributed by atoms with Crippen LogP contribution in [0.4, 0.5) is 0 Å². The smallest absolute Gasteiger partial charge is 0.248 e. The first-order valence-corrected chi connectivity index (χ1v) is 9.41. The van der Waals surface area contributed by atoms with Crippen LogP contribution in [0.5, 0.6) is 0 Å². The van der Waals surface area contributed by atoms with Crippen molar-refractivity contribution in [3.63, 3.8) is 0 Å². The summed E-state index contributed by atoms with van der Waals surface area (Å²) in [6.07, 6.45) is 3.79. The van der Waals surface area contributed by atoms with Crippen LogP contribution in [-0.4, -0.2) is 82.9 Å². The average molecular weight is 334 g/mol. The standard InChI is InChI=1S/C14H26N2O5S/c1-15(2)13(17)10-20-9-12-8-14(11-21-12)4-6-16(7-5-14)22(3,18)19/h12H,4-11H2,1-3H3. The van der Waals surface area contributed by atoms with Crippen molar-refractivity contribution in [3.8, 4) is 0 Å². The molecule has 0 aromatic rings. The Morgan fingerprint density at radius 3 is 2.55 bits per heavy atom. The fourth-order valence-corrected chi connectivity index (χ4v) is 3.90. The highest BCUT2D eigenvalue weighted by atomic mass is 32.2. The molecule has 1 atom stereocenters. The monoisotopic (exact) mass is 334 g/mol. The zero-order valence-corrected chi connectivity index (χ0v) is 14.4. The third kappa shape index (κ3) is 4.41. The maximum absolute atomic E-state index is 11.6. The minimum atomic E-state index is -3.09. The lowest BCUT2D eigenvalue weighted by Crippen LogP contribution is -2.43. The Morgan fingerprint density at radius 2 is 2.00 bits per heavy atom. The molecular formula is C14H26N2O5S. The molecule has 2 aliphatic heterocycles. The third-order valence-electron chi connectivity index (χ3n) is 4.57. The Bertz CT molecular complexity index is 497. The summed E-state index contributed by atoms with van der Waals surface area (Å²) in [4.78, 5) is 12.9. The van der Waals surface area contributed by atoms with Crippen LogP contribution < -0.4 is 0 Å². The van der Waals surface area contributed by atoms with Crippen molar-refractivity contribution in [2.45, 2.75) is 25.4 Å². The number of carbonyl (C=O) groups is 1. The van der Waals surface area contributed by atoms with Crippen molar-refractivity contribution in [3.05, 3.63) is 0 Å². The molecule has 1 amide bonds. The van der Waals surface area contributed by atoms with Gasteiger partial charge in [0.15, 0.2) is 0 Å². The lowest BCUT2D eigenvalue weighted by molar-refractivity contribution is -0.134. The van der Waals surface area contributed by atoms with Crippen LogP contribution in [0.3, 0.4) is 0 Å². The van der Waals surface area contributed by atoms with Crippen molar-refractivity contribution in [1.29, 1.82) is 0 Å². The van der Waals surface area contributed by atoms with Gasteiger partial charge in [0.05, 0.1) is 25.6 Å². The van der Waals surface area contributed by atoms with Crippen LogP contribution in [0, 0.1) is 5.41 Å². The van der Waals surface area contributed by atoms with Gasteiger partial charge >= 0.3 is 0 Å². The summed E-state index contributed by atoms with van der Waals surface area (Å²) in [5.74, 6) is -0.0610. The van der Waals surface area contributed by atoms with E-state index in [9.17, 15) is 13.2 Å². The molecule has 2 heterocycles. The zero-order valence-electron chi connectivity index (χ0n) is 13.6. The van der Waals surface area contributed by atoms with E-state index in [-0.39, 0.29) is 24.0 Å². The second-order valence-corrected chi connectivity index (χ2v) is 8.58. The van der Waals surface area contributed by atoms with Crippen molar-refractivity contribution < 1.29 is 22.7 Å². The number of carbonyl (C=O) groups excluding carboxylic acids is 1. The van der Waals surface area contributed by atoms with Crippen LogP contribution in [-0.2, 0) is 24.3 Å². The molecule has 2 saturated heterocycles. The number of nitrogens with zero attached hydrogens (tertiary/aromatic N) is 2. The van der Waals surface area contributed by atoms with E-state index < -0.39 is 10.0 Å². The highest BCUT2D eigenvalue weighted by Gasteiger charge is 2.43. The number of piperidine rings is 1. The molecule has 0 aliphatic carbocycles. The first-order chi connectivity index (χ1) is 10.2. The lowest BCUT2D eigenvalue weighted by atomic mass is 9.77. The summed E-state index contributed by atoms with van der Waals surface area (Å²) in [6, 6.07) is 0. The van der Waals surface area contributed by atoms with E-state index in [4.69, 9.17) is 9.47 Å². The van der Waals surface area contributed by atoms with Crippen LogP contribution in [0.25, 0.3) is 0 Å². The number of likely N-dealkylation sites (N-methyl/N-ethyl adjacent to an activating group) is 1. The molecule has 128 valence electrons. The molecular weight excluding hydrogens is 308 g/mol. The summed E-state index contributed by atoms with van der Waals surface area (Å²) in [5, 5.41) is 0. The molecule has 0 bridgehead atoms. The molecule has 7 nitrogen and oxygen atoms in total. The molecule has 0 radical (unpaired) electrons. The Hall–Kier alpha value is -0.700. The van der Waals surface area contributed by atoms with Gasteiger partial charge in [0.1, 0.15) is 6.61 Å². The van der Waals surface area contributed by atoms with Gasteiger partial charge < -0.3 is 14.4 Å². The third-order valence-corrected chi connectivity index (χ3v) is 5.87. The van der Waals surface area contributed by atoms with Gasteiger partial charge in [-0.1, -0.05) is 0 Å². The van der Waals surface area contributed by atoms with E-state index in [1.807, 2.05) is 0 Å². The SMILES string of the molecule is CN(C)C(=O)COCC1CC2(CCN(S(C)(=O)=O)CC2)CO1. The number of ether oxygens (including phenoxy) is 2. The van der Waals surface area contributed by atoms with E-state index in [0.717, 1.165) is 19.3 Å². The van der Waals surface area contributed by atoms with Gasteiger partial charge in [-0.2, -0.15) is 0 Å². The number of hydrogen-bond acceptors (Lipinski definition) is 5. The highest BCUT2D eigenvalue weighted by Crippen LogP contribution is 2.42. The van der Waals surface area contributed by atoms with Gasteiger partial charge in [-0.05, 0) is 24.7 Å². The number of sulfonamides is 1. The first-order valence-electron chi connectivity index (χ1n) is 7.56. The fraction of sp³-hybridized carbons (Fsp3) is 0.929. The first kappa shape index (κ1) is 17.7. The molecule has 8 heteroatoms. The molecule has 0 N–H and O–H groups in total. The molecule has 22 heavy (non-hydrogen) atoms. The van der Waals surface area contributed by atoms with E-state index >= 15 is 0 Å². The van der Waals surface area contributed by atoms with E-state index in [2.05, 4.69) is 0 Å². The maximum atomic E-state index is 11.6. The number of amides is 1. The summed E-state index contributed by atoms with van der Waals surface area (Å²) < 4.78 is 35.9. The van der Waals surface area contributed by atoms with E-state index in [0.29, 0.717) is 26.3 Å². The second kappa shape index (κ2) is 6.82.